The van der Waals surface area contributed by atoms with Gasteiger partial charge in [0, 0.05) is 43.7 Å². The van der Waals surface area contributed by atoms with Crippen LogP contribution in [0.15, 0.2) is 279 Å². The molecule has 1 spiro atoms. The highest BCUT2D eigenvalue weighted by atomic mass is 32.1. The van der Waals surface area contributed by atoms with Crippen LogP contribution in [0.5, 0.6) is 0 Å². The lowest BCUT2D eigenvalue weighted by Gasteiger charge is -2.35. The largest absolute Gasteiger partial charge is 0.310 e. The van der Waals surface area contributed by atoms with Gasteiger partial charge < -0.3 is 9.80 Å². The van der Waals surface area contributed by atoms with Gasteiger partial charge in [-0.3, -0.25) is 0 Å². The van der Waals surface area contributed by atoms with Crippen molar-refractivity contribution < 1.29 is 0 Å². The predicted octanol–water partition coefficient (Wildman–Crippen LogP) is 18.5. The van der Waals surface area contributed by atoms with E-state index in [1.165, 1.54) is 87.3 Å². The summed E-state index contributed by atoms with van der Waals surface area (Å²) in [5.41, 5.74) is 22.4. The minimum atomic E-state index is -0.577. The predicted molar refractivity (Wildman–Crippen MR) is 305 cm³/mol. The molecule has 0 amide bonds. The number of hydrogen-bond acceptors (Lipinski definition) is 3. The summed E-state index contributed by atoms with van der Waals surface area (Å²) in [4.78, 5) is 6.22. The molecule has 12 aromatic rings. The van der Waals surface area contributed by atoms with Crippen molar-refractivity contribution in [2.45, 2.75) is 10.8 Å². The topological polar surface area (TPSA) is 6.48 Å². The first-order chi connectivity index (χ1) is 36.2. The second-order valence-corrected chi connectivity index (χ2v) is 20.5. The Balaban J connectivity index is 0.979. The lowest BCUT2D eigenvalue weighted by Crippen LogP contribution is -2.28. The maximum absolute atomic E-state index is 2.53. The zero-order valence-electron chi connectivity index (χ0n) is 39.9. The molecule has 73 heavy (non-hydrogen) atoms. The average molecular weight is 947 g/mol. The van der Waals surface area contributed by atoms with Gasteiger partial charge in [0.1, 0.15) is 0 Å². The third-order valence-corrected chi connectivity index (χ3v) is 17.1. The first-order valence-electron chi connectivity index (χ1n) is 25.2. The molecule has 11 aromatic carbocycles. The van der Waals surface area contributed by atoms with Crippen molar-refractivity contribution in [3.8, 4) is 32.7 Å². The zero-order chi connectivity index (χ0) is 48.1. The van der Waals surface area contributed by atoms with Crippen LogP contribution in [0.25, 0.3) is 42.8 Å². The molecule has 0 aliphatic heterocycles. The van der Waals surface area contributed by atoms with E-state index in [4.69, 9.17) is 0 Å². The maximum Gasteiger partial charge on any atom is 0.0740 e. The van der Waals surface area contributed by atoms with E-state index in [0.29, 0.717) is 0 Å². The van der Waals surface area contributed by atoms with Crippen LogP contribution in [0.4, 0.5) is 34.1 Å². The Labute approximate surface area is 430 Å². The van der Waals surface area contributed by atoms with Crippen LogP contribution >= 0.6 is 11.3 Å². The van der Waals surface area contributed by atoms with Gasteiger partial charge in [-0.25, -0.2) is 0 Å². The van der Waals surface area contributed by atoms with E-state index in [1.807, 2.05) is 11.3 Å². The molecular formula is C70H46N2S. The Morgan fingerprint density at radius 3 is 1.19 bits per heavy atom. The molecule has 2 nitrogen and oxygen atoms in total. The molecule has 1 heterocycles. The maximum atomic E-state index is 2.53. The highest BCUT2D eigenvalue weighted by Gasteiger charge is 2.54. The van der Waals surface area contributed by atoms with Gasteiger partial charge >= 0.3 is 0 Å². The summed E-state index contributed by atoms with van der Waals surface area (Å²) >= 11 is 1.93. The number of nitrogens with zero attached hydrogens (tertiary/aromatic N) is 2. The lowest BCUT2D eigenvalue weighted by atomic mass is 9.67. The third kappa shape index (κ3) is 5.92. The van der Waals surface area contributed by atoms with Crippen LogP contribution in [0, 0.1) is 0 Å². The number of anilines is 6. The third-order valence-electron chi connectivity index (χ3n) is 15.9. The summed E-state index contributed by atoms with van der Waals surface area (Å²) in [6.45, 7) is 0. The van der Waals surface area contributed by atoms with E-state index in [0.717, 1.165) is 34.1 Å². The minimum Gasteiger partial charge on any atom is -0.310 e. The van der Waals surface area contributed by atoms with Crippen molar-refractivity contribution in [1.29, 1.82) is 0 Å². The number of hydrogen-bond donors (Lipinski definition) is 0. The molecule has 1 unspecified atom stereocenters. The molecule has 0 N–H and O–H groups in total. The molecule has 1 aromatic heterocycles. The first kappa shape index (κ1) is 41.7. The van der Waals surface area contributed by atoms with Crippen molar-refractivity contribution in [2.75, 3.05) is 9.80 Å². The summed E-state index contributed by atoms with van der Waals surface area (Å²) in [7, 11) is 0. The van der Waals surface area contributed by atoms with E-state index < -0.39 is 10.8 Å². The zero-order valence-corrected chi connectivity index (χ0v) is 40.7. The molecule has 0 saturated carbocycles. The monoisotopic (exact) mass is 946 g/mol. The van der Waals surface area contributed by atoms with Crippen LogP contribution in [0.1, 0.15) is 44.5 Å². The van der Waals surface area contributed by atoms with Crippen LogP contribution in [0.2, 0.25) is 0 Å². The van der Waals surface area contributed by atoms with Crippen molar-refractivity contribution in [3.63, 3.8) is 0 Å². The van der Waals surface area contributed by atoms with Gasteiger partial charge in [-0.05, 0) is 157 Å². The molecule has 1 atom stereocenters. The van der Waals surface area contributed by atoms with Gasteiger partial charge in [-0.15, -0.1) is 11.3 Å². The van der Waals surface area contributed by atoms with Gasteiger partial charge in [-0.1, -0.05) is 200 Å². The molecule has 342 valence electrons. The standard InChI is InChI=1S/C70H46N2S/c1-6-22-47(23-7-1)69(48-24-8-2-9-25-48)61-35-19-16-32-55(61)57-41-38-53(45-64(57)69)72(51-30-14-5-15-31-51)54-39-42-58-56-33-17-20-36-62(56)70(65(58)46-54)63-43-40-52(44-60(63)68-67(70)59-34-18-21-37-66(59)73-68)71(49-26-10-3-11-27-49)50-28-12-4-13-29-50/h1-46H. The highest BCUT2D eigenvalue weighted by molar-refractivity contribution is 7.22. The number of rotatable bonds is 8. The normalized spacial score (nSPS) is 15.0. The Morgan fingerprint density at radius 2 is 0.644 bits per heavy atom. The molecule has 3 aliphatic rings. The van der Waals surface area contributed by atoms with Gasteiger partial charge in [0.15, 0.2) is 0 Å². The summed E-state index contributed by atoms with van der Waals surface area (Å²) in [5, 5.41) is 1.31. The Morgan fingerprint density at radius 1 is 0.260 bits per heavy atom. The molecule has 3 heteroatoms. The van der Waals surface area contributed by atoms with E-state index in [9.17, 15) is 0 Å². The molecule has 3 aliphatic carbocycles. The summed E-state index contributed by atoms with van der Waals surface area (Å²) in [6, 6.07) is 104. The molecule has 15 rings (SSSR count). The molecule has 0 fully saturated rings. The Kier molecular flexibility index (Phi) is 9.30. The van der Waals surface area contributed by atoms with E-state index in [1.54, 1.807) is 0 Å². The Bertz CT molecular complexity index is 4010. The van der Waals surface area contributed by atoms with E-state index >= 15 is 0 Å². The van der Waals surface area contributed by atoms with E-state index in [-0.39, 0.29) is 0 Å². The molecule has 0 radical (unpaired) electrons. The van der Waals surface area contributed by atoms with Crippen molar-refractivity contribution in [2.24, 2.45) is 0 Å². The van der Waals surface area contributed by atoms with Crippen molar-refractivity contribution >= 4 is 55.5 Å². The number of fused-ring (bicyclic) bond motifs is 15. The summed E-state index contributed by atoms with van der Waals surface area (Å²) < 4.78 is 1.30. The molecule has 0 bridgehead atoms. The second kappa shape index (κ2) is 16.3. The van der Waals surface area contributed by atoms with Gasteiger partial charge in [0.05, 0.1) is 10.8 Å². The highest BCUT2D eigenvalue weighted by Crippen LogP contribution is 2.67. The summed E-state index contributed by atoms with van der Waals surface area (Å²) in [6.07, 6.45) is 0. The van der Waals surface area contributed by atoms with Crippen LogP contribution < -0.4 is 9.80 Å². The lowest BCUT2D eigenvalue weighted by molar-refractivity contribution is 0.768. The van der Waals surface area contributed by atoms with Crippen LogP contribution in [0.3, 0.4) is 0 Å². The average Bonchev–Trinajstić information content (AvgIpc) is 4.18. The number of benzene rings is 11. The van der Waals surface area contributed by atoms with Gasteiger partial charge in [0.2, 0.25) is 0 Å². The van der Waals surface area contributed by atoms with Crippen LogP contribution in [-0.4, -0.2) is 0 Å². The van der Waals surface area contributed by atoms with Crippen LogP contribution in [-0.2, 0) is 10.8 Å². The fourth-order valence-electron chi connectivity index (χ4n) is 13.1. The smallest absolute Gasteiger partial charge is 0.0740 e. The Hall–Kier alpha value is -9.02. The molecule has 0 saturated heterocycles. The SMILES string of the molecule is c1ccc(N(c2ccccc2)c2ccc3c(c2)-c2sc4ccccc4c2C32c3ccccc3-c3ccc(N(c4ccccc4)c4ccc5c(c4)C(c4ccccc4)(c4ccccc4)c4ccccc4-5)cc32)cc1. The minimum absolute atomic E-state index is 0.532. The summed E-state index contributed by atoms with van der Waals surface area (Å²) in [5.74, 6) is 0. The fourth-order valence-corrected chi connectivity index (χ4v) is 14.4. The fraction of sp³-hybridized carbons (Fsp3) is 0.0286. The number of thiophene rings is 1. The van der Waals surface area contributed by atoms with E-state index in [2.05, 4.69) is 289 Å². The van der Waals surface area contributed by atoms with Gasteiger partial charge in [-0.2, -0.15) is 0 Å². The second-order valence-electron chi connectivity index (χ2n) is 19.5. The number of para-hydroxylation sites is 3. The molecular weight excluding hydrogens is 901 g/mol. The quantitative estimate of drug-likeness (QED) is 0.150. The van der Waals surface area contributed by atoms with Crippen molar-refractivity contribution in [1.82, 2.24) is 0 Å². The van der Waals surface area contributed by atoms with Crippen molar-refractivity contribution in [3.05, 3.63) is 324 Å². The van der Waals surface area contributed by atoms with Gasteiger partial charge in [0.25, 0.3) is 0 Å². The first-order valence-corrected chi connectivity index (χ1v) is 26.1.